The van der Waals surface area contributed by atoms with Crippen LogP contribution >= 0.6 is 0 Å². The molecular weight excluding hydrogens is 342 g/mol. The van der Waals surface area contributed by atoms with Gasteiger partial charge >= 0.3 is 0 Å². The van der Waals surface area contributed by atoms with Gasteiger partial charge in [-0.1, -0.05) is 23.4 Å². The van der Waals surface area contributed by atoms with Gasteiger partial charge in [0.05, 0.1) is 18.9 Å². The average Bonchev–Trinajstić information content (AvgIpc) is 3.12. The molecule has 7 heteroatoms. The largest absolute Gasteiger partial charge is 0.494 e. The fourth-order valence-corrected chi connectivity index (χ4v) is 2.70. The SMILES string of the molecule is COc1ccc(C(C)NC(=O)C2CC(c3cccc(F)c3)=NO2)cc1F. The Morgan fingerprint density at radius 3 is 2.81 bits per heavy atom. The van der Waals surface area contributed by atoms with E-state index in [2.05, 4.69) is 10.5 Å². The van der Waals surface area contributed by atoms with E-state index in [4.69, 9.17) is 9.57 Å². The Bertz CT molecular complexity index is 854. The van der Waals surface area contributed by atoms with Crippen molar-refractivity contribution in [2.45, 2.75) is 25.5 Å². The van der Waals surface area contributed by atoms with Gasteiger partial charge in [-0.05, 0) is 36.8 Å². The molecule has 0 aromatic heterocycles. The minimum absolute atomic E-state index is 0.138. The highest BCUT2D eigenvalue weighted by atomic mass is 19.1. The summed E-state index contributed by atoms with van der Waals surface area (Å²) in [6.45, 7) is 1.74. The van der Waals surface area contributed by atoms with Crippen molar-refractivity contribution in [3.05, 3.63) is 65.2 Å². The zero-order valence-corrected chi connectivity index (χ0v) is 14.3. The van der Waals surface area contributed by atoms with E-state index in [9.17, 15) is 13.6 Å². The third-order valence-electron chi connectivity index (χ3n) is 4.15. The Balaban J connectivity index is 1.61. The summed E-state index contributed by atoms with van der Waals surface area (Å²) in [6, 6.07) is 10.0. The maximum absolute atomic E-state index is 13.8. The van der Waals surface area contributed by atoms with Crippen molar-refractivity contribution < 1.29 is 23.1 Å². The van der Waals surface area contributed by atoms with Crippen molar-refractivity contribution in [2.75, 3.05) is 7.11 Å². The number of benzene rings is 2. The Labute approximate surface area is 149 Å². The van der Waals surface area contributed by atoms with Gasteiger partial charge in [0.1, 0.15) is 5.82 Å². The maximum atomic E-state index is 13.8. The van der Waals surface area contributed by atoms with Gasteiger partial charge in [0, 0.05) is 12.0 Å². The number of amides is 1. The summed E-state index contributed by atoms with van der Waals surface area (Å²) < 4.78 is 32.0. The van der Waals surface area contributed by atoms with Crippen LogP contribution in [0.5, 0.6) is 5.75 Å². The Hall–Kier alpha value is -2.96. The van der Waals surface area contributed by atoms with Crippen LogP contribution in [-0.2, 0) is 9.63 Å². The molecule has 0 aliphatic carbocycles. The number of carbonyl (C=O) groups excluding carboxylic acids is 1. The highest BCUT2D eigenvalue weighted by Crippen LogP contribution is 2.23. The van der Waals surface area contributed by atoms with Crippen molar-refractivity contribution in [1.29, 1.82) is 0 Å². The summed E-state index contributed by atoms with van der Waals surface area (Å²) >= 11 is 0. The van der Waals surface area contributed by atoms with Gasteiger partial charge in [0.25, 0.3) is 5.91 Å². The van der Waals surface area contributed by atoms with Crippen LogP contribution < -0.4 is 10.1 Å². The summed E-state index contributed by atoms with van der Waals surface area (Å²) in [6.07, 6.45) is -0.572. The number of hydrogen-bond acceptors (Lipinski definition) is 4. The highest BCUT2D eigenvalue weighted by Gasteiger charge is 2.30. The van der Waals surface area contributed by atoms with E-state index < -0.39 is 18.0 Å². The molecule has 0 saturated heterocycles. The first-order chi connectivity index (χ1) is 12.5. The van der Waals surface area contributed by atoms with Crippen molar-refractivity contribution in [3.63, 3.8) is 0 Å². The number of rotatable bonds is 5. The van der Waals surface area contributed by atoms with Crippen LogP contribution in [0.4, 0.5) is 8.78 Å². The number of carbonyl (C=O) groups is 1. The fraction of sp³-hybridized carbons (Fsp3) is 0.263. The monoisotopic (exact) mass is 360 g/mol. The van der Waals surface area contributed by atoms with E-state index in [-0.39, 0.29) is 23.9 Å². The van der Waals surface area contributed by atoms with Crippen molar-refractivity contribution in [1.82, 2.24) is 5.32 Å². The van der Waals surface area contributed by atoms with Crippen LogP contribution in [0.25, 0.3) is 0 Å². The normalized spacial score (nSPS) is 17.2. The maximum Gasteiger partial charge on any atom is 0.264 e. The molecular formula is C19H18F2N2O3. The number of methoxy groups -OCH3 is 1. The molecule has 0 spiro atoms. The minimum Gasteiger partial charge on any atom is -0.494 e. The molecule has 2 aromatic carbocycles. The van der Waals surface area contributed by atoms with Crippen LogP contribution in [0.15, 0.2) is 47.6 Å². The van der Waals surface area contributed by atoms with Crippen molar-refractivity contribution in [3.8, 4) is 5.75 Å². The van der Waals surface area contributed by atoms with Gasteiger partial charge in [-0.25, -0.2) is 8.78 Å². The van der Waals surface area contributed by atoms with E-state index in [0.717, 1.165) is 0 Å². The average molecular weight is 360 g/mol. The molecule has 26 heavy (non-hydrogen) atoms. The van der Waals surface area contributed by atoms with Crippen LogP contribution in [-0.4, -0.2) is 24.8 Å². The Kier molecular flexibility index (Phi) is 5.16. The number of nitrogens with one attached hydrogen (secondary N) is 1. The molecule has 2 unspecified atom stereocenters. The van der Waals surface area contributed by atoms with Gasteiger partial charge in [-0.2, -0.15) is 0 Å². The van der Waals surface area contributed by atoms with Gasteiger partial charge in [-0.15, -0.1) is 0 Å². The quantitative estimate of drug-likeness (QED) is 0.890. The molecule has 1 N–H and O–H groups in total. The van der Waals surface area contributed by atoms with E-state index >= 15 is 0 Å². The predicted molar refractivity (Wildman–Crippen MR) is 91.9 cm³/mol. The number of halogens is 2. The van der Waals surface area contributed by atoms with Gasteiger partial charge in [0.2, 0.25) is 6.10 Å². The second-order valence-corrected chi connectivity index (χ2v) is 5.97. The lowest BCUT2D eigenvalue weighted by Gasteiger charge is -2.17. The summed E-state index contributed by atoms with van der Waals surface area (Å²) in [5, 5.41) is 6.65. The van der Waals surface area contributed by atoms with Gasteiger partial charge < -0.3 is 14.9 Å². The number of nitrogens with zero attached hydrogens (tertiary/aromatic N) is 1. The molecule has 136 valence electrons. The molecule has 1 amide bonds. The van der Waals surface area contributed by atoms with E-state index in [0.29, 0.717) is 16.8 Å². The number of oxime groups is 1. The smallest absolute Gasteiger partial charge is 0.264 e. The Morgan fingerprint density at radius 2 is 2.12 bits per heavy atom. The van der Waals surface area contributed by atoms with Crippen LogP contribution in [0.2, 0.25) is 0 Å². The minimum atomic E-state index is -0.807. The third kappa shape index (κ3) is 3.82. The molecule has 2 atom stereocenters. The summed E-state index contributed by atoms with van der Waals surface area (Å²) in [5.41, 5.74) is 1.68. The highest BCUT2D eigenvalue weighted by molar-refractivity contribution is 6.04. The lowest BCUT2D eigenvalue weighted by molar-refractivity contribution is -0.131. The molecule has 0 bridgehead atoms. The first-order valence-corrected chi connectivity index (χ1v) is 8.10. The topological polar surface area (TPSA) is 59.9 Å². The van der Waals surface area contributed by atoms with Gasteiger partial charge in [-0.3, -0.25) is 4.79 Å². The molecule has 1 aliphatic rings. The number of hydrogen-bond donors (Lipinski definition) is 1. The van der Waals surface area contributed by atoms with Crippen molar-refractivity contribution in [2.24, 2.45) is 5.16 Å². The van der Waals surface area contributed by atoms with E-state index in [1.54, 1.807) is 25.1 Å². The fourth-order valence-electron chi connectivity index (χ4n) is 2.70. The van der Waals surface area contributed by atoms with E-state index in [1.807, 2.05) is 0 Å². The molecule has 0 fully saturated rings. The molecule has 1 aliphatic heterocycles. The lowest BCUT2D eigenvalue weighted by Crippen LogP contribution is -2.36. The second kappa shape index (κ2) is 7.51. The first-order valence-electron chi connectivity index (χ1n) is 8.10. The third-order valence-corrected chi connectivity index (χ3v) is 4.15. The van der Waals surface area contributed by atoms with Crippen LogP contribution in [0, 0.1) is 11.6 Å². The summed E-state index contributed by atoms with van der Waals surface area (Å²) in [4.78, 5) is 17.6. The summed E-state index contributed by atoms with van der Waals surface area (Å²) in [7, 11) is 1.39. The first kappa shape index (κ1) is 17.8. The van der Waals surface area contributed by atoms with Crippen molar-refractivity contribution >= 4 is 11.6 Å². The molecule has 0 saturated carbocycles. The summed E-state index contributed by atoms with van der Waals surface area (Å²) in [5.74, 6) is -1.11. The number of ether oxygens (including phenoxy) is 1. The molecule has 5 nitrogen and oxygen atoms in total. The predicted octanol–water partition coefficient (Wildman–Crippen LogP) is 3.34. The standard InChI is InChI=1S/C19H18F2N2O3/c1-11(12-6-7-17(25-2)15(21)9-12)22-19(24)18-10-16(23-26-18)13-4-3-5-14(20)8-13/h3-9,11,18H,10H2,1-2H3,(H,22,24). The second-order valence-electron chi connectivity index (χ2n) is 5.97. The molecule has 0 radical (unpaired) electrons. The van der Waals surface area contributed by atoms with Crippen LogP contribution in [0.1, 0.15) is 30.5 Å². The van der Waals surface area contributed by atoms with E-state index in [1.165, 1.54) is 31.4 Å². The van der Waals surface area contributed by atoms with Gasteiger partial charge in [0.15, 0.2) is 11.6 Å². The lowest BCUT2D eigenvalue weighted by atomic mass is 10.0. The molecule has 2 aromatic rings. The Morgan fingerprint density at radius 1 is 1.31 bits per heavy atom. The molecule has 3 rings (SSSR count). The van der Waals surface area contributed by atoms with Crippen LogP contribution in [0.3, 0.4) is 0 Å². The molecule has 1 heterocycles. The zero-order chi connectivity index (χ0) is 18.7. The zero-order valence-electron chi connectivity index (χ0n) is 14.3.